The second kappa shape index (κ2) is 9.19. The molecule has 0 saturated carbocycles. The van der Waals surface area contributed by atoms with Gasteiger partial charge in [-0.15, -0.1) is 11.3 Å². The molecule has 8 nitrogen and oxygen atoms in total. The van der Waals surface area contributed by atoms with E-state index in [4.69, 9.17) is 9.47 Å². The highest BCUT2D eigenvalue weighted by molar-refractivity contribution is 9.11. The molecule has 1 aliphatic heterocycles. The van der Waals surface area contributed by atoms with E-state index in [0.29, 0.717) is 21.7 Å². The van der Waals surface area contributed by atoms with E-state index in [1.807, 2.05) is 6.92 Å². The topological polar surface area (TPSA) is 111 Å². The third-order valence-corrected chi connectivity index (χ3v) is 8.12. The van der Waals surface area contributed by atoms with Crippen LogP contribution in [-0.4, -0.2) is 39.9 Å². The number of methoxy groups -OCH3 is 1. The standard InChI is InChI=1S/C19H19BrN2O6S2/c1-3-28-12-6-4-11(5-7-12)17-16(18(23)27-2)13(21-19(24)22-17)10-30(25,26)15-9-8-14(20)29-15/h4-9,17H,3,10H2,1-2H3,(H2,21,22,24). The lowest BCUT2D eigenvalue weighted by molar-refractivity contribution is -0.136. The molecule has 2 heterocycles. The minimum atomic E-state index is -3.80. The normalized spacial score (nSPS) is 16.6. The molecule has 3 rings (SSSR count). The molecule has 0 aliphatic carbocycles. The molecule has 160 valence electrons. The molecule has 1 unspecified atom stereocenters. The average molecular weight is 515 g/mol. The Hall–Kier alpha value is -2.37. The van der Waals surface area contributed by atoms with Gasteiger partial charge in [0.1, 0.15) is 9.96 Å². The van der Waals surface area contributed by atoms with Crippen molar-refractivity contribution in [3.63, 3.8) is 0 Å². The molecule has 0 fully saturated rings. The molecule has 2 aromatic rings. The van der Waals surface area contributed by atoms with Gasteiger partial charge in [0.2, 0.25) is 0 Å². The van der Waals surface area contributed by atoms with Crippen molar-refractivity contribution in [1.29, 1.82) is 0 Å². The van der Waals surface area contributed by atoms with E-state index in [2.05, 4.69) is 26.6 Å². The second-order valence-electron chi connectivity index (χ2n) is 6.23. The number of amides is 2. The maximum atomic E-state index is 12.9. The third-order valence-electron chi connectivity index (χ3n) is 4.27. The first-order chi connectivity index (χ1) is 14.2. The van der Waals surface area contributed by atoms with E-state index in [1.165, 1.54) is 13.2 Å². The lowest BCUT2D eigenvalue weighted by Gasteiger charge is -2.29. The summed E-state index contributed by atoms with van der Waals surface area (Å²) in [4.78, 5) is 24.8. The Morgan fingerprint density at radius 3 is 2.47 bits per heavy atom. The minimum Gasteiger partial charge on any atom is -0.494 e. The van der Waals surface area contributed by atoms with E-state index in [9.17, 15) is 18.0 Å². The van der Waals surface area contributed by atoms with Crippen LogP contribution in [-0.2, 0) is 19.4 Å². The first-order valence-electron chi connectivity index (χ1n) is 8.85. The summed E-state index contributed by atoms with van der Waals surface area (Å²) in [7, 11) is -2.60. The summed E-state index contributed by atoms with van der Waals surface area (Å²) in [5, 5.41) is 5.12. The minimum absolute atomic E-state index is 0.0194. The van der Waals surface area contributed by atoms with Crippen LogP contribution in [0.3, 0.4) is 0 Å². The molecule has 2 amide bonds. The number of carbonyl (C=O) groups is 2. The first kappa shape index (κ1) is 22.3. The van der Waals surface area contributed by atoms with Gasteiger partial charge in [-0.25, -0.2) is 18.0 Å². The summed E-state index contributed by atoms with van der Waals surface area (Å²) in [6, 6.07) is 8.43. The molecule has 11 heteroatoms. The predicted molar refractivity (Wildman–Crippen MR) is 115 cm³/mol. The van der Waals surface area contributed by atoms with Crippen LogP contribution in [0, 0.1) is 0 Å². The lowest BCUT2D eigenvalue weighted by Crippen LogP contribution is -2.47. The van der Waals surface area contributed by atoms with E-state index in [0.717, 1.165) is 11.3 Å². The van der Waals surface area contributed by atoms with Crippen LogP contribution in [0.1, 0.15) is 18.5 Å². The lowest BCUT2D eigenvalue weighted by atomic mass is 9.95. The van der Waals surface area contributed by atoms with Gasteiger partial charge < -0.3 is 20.1 Å². The summed E-state index contributed by atoms with van der Waals surface area (Å²) in [6.07, 6.45) is 0. The summed E-state index contributed by atoms with van der Waals surface area (Å²) in [6.45, 7) is 2.36. The number of hydrogen-bond donors (Lipinski definition) is 2. The van der Waals surface area contributed by atoms with Crippen molar-refractivity contribution in [1.82, 2.24) is 10.6 Å². The molecule has 1 aromatic heterocycles. The SMILES string of the molecule is CCOc1ccc(C2NC(=O)NC(CS(=O)(=O)c3ccc(Br)s3)=C2C(=O)OC)cc1. The van der Waals surface area contributed by atoms with E-state index in [-0.39, 0.29) is 15.5 Å². The molecule has 1 aromatic carbocycles. The van der Waals surface area contributed by atoms with Gasteiger partial charge in [-0.3, -0.25) is 0 Å². The number of thiophene rings is 1. The number of rotatable bonds is 7. The van der Waals surface area contributed by atoms with Gasteiger partial charge in [0.15, 0.2) is 9.84 Å². The number of carbonyl (C=O) groups excluding carboxylic acids is 2. The van der Waals surface area contributed by atoms with Gasteiger partial charge >= 0.3 is 12.0 Å². The van der Waals surface area contributed by atoms with Crippen LogP contribution >= 0.6 is 27.3 Å². The highest BCUT2D eigenvalue weighted by atomic mass is 79.9. The van der Waals surface area contributed by atoms with Crippen LogP contribution in [0.2, 0.25) is 0 Å². The monoisotopic (exact) mass is 514 g/mol. The molecule has 2 N–H and O–H groups in total. The van der Waals surface area contributed by atoms with Crippen LogP contribution in [0.25, 0.3) is 0 Å². The van der Waals surface area contributed by atoms with Crippen LogP contribution in [0.15, 0.2) is 55.7 Å². The number of nitrogens with one attached hydrogen (secondary N) is 2. The Balaban J connectivity index is 2.04. The van der Waals surface area contributed by atoms with Crippen molar-refractivity contribution in [2.24, 2.45) is 0 Å². The molecule has 0 bridgehead atoms. The Labute approximate surface area is 186 Å². The van der Waals surface area contributed by atoms with E-state index in [1.54, 1.807) is 30.3 Å². The molecule has 30 heavy (non-hydrogen) atoms. The van der Waals surface area contributed by atoms with Gasteiger partial charge in [0.25, 0.3) is 0 Å². The fourth-order valence-corrected chi connectivity index (χ4v) is 6.40. The van der Waals surface area contributed by atoms with Gasteiger partial charge in [-0.05, 0) is 52.7 Å². The molecule has 1 aliphatic rings. The summed E-state index contributed by atoms with van der Waals surface area (Å²) in [5.74, 6) is -0.652. The van der Waals surface area contributed by atoms with E-state index >= 15 is 0 Å². The van der Waals surface area contributed by atoms with E-state index < -0.39 is 33.6 Å². The fraction of sp³-hybridized carbons (Fsp3) is 0.263. The average Bonchev–Trinajstić information content (AvgIpc) is 3.15. The van der Waals surface area contributed by atoms with Gasteiger partial charge in [0.05, 0.1) is 34.9 Å². The molecule has 0 saturated heterocycles. The summed E-state index contributed by atoms with van der Waals surface area (Å²) >= 11 is 4.29. The molecule has 0 spiro atoms. The number of ether oxygens (including phenoxy) is 2. The number of hydrogen-bond acceptors (Lipinski definition) is 7. The Kier molecular flexibility index (Phi) is 6.84. The molecule has 1 atom stereocenters. The van der Waals surface area contributed by atoms with Crippen LogP contribution in [0.4, 0.5) is 4.79 Å². The van der Waals surface area contributed by atoms with Crippen molar-refractivity contribution >= 4 is 49.1 Å². The van der Waals surface area contributed by atoms with Crippen LogP contribution < -0.4 is 15.4 Å². The Bertz CT molecular complexity index is 1090. The van der Waals surface area contributed by atoms with Crippen molar-refractivity contribution in [3.8, 4) is 5.75 Å². The highest BCUT2D eigenvalue weighted by Gasteiger charge is 2.35. The van der Waals surface area contributed by atoms with Crippen LogP contribution in [0.5, 0.6) is 5.75 Å². The Morgan fingerprint density at radius 1 is 1.20 bits per heavy atom. The zero-order chi connectivity index (χ0) is 21.9. The maximum absolute atomic E-state index is 12.9. The van der Waals surface area contributed by atoms with Crippen molar-refractivity contribution in [2.45, 2.75) is 17.2 Å². The second-order valence-corrected chi connectivity index (χ2v) is 10.9. The van der Waals surface area contributed by atoms with Crippen molar-refractivity contribution in [2.75, 3.05) is 19.5 Å². The maximum Gasteiger partial charge on any atom is 0.338 e. The Morgan fingerprint density at radius 2 is 1.90 bits per heavy atom. The third kappa shape index (κ3) is 4.85. The highest BCUT2D eigenvalue weighted by Crippen LogP contribution is 2.32. The number of sulfone groups is 1. The summed E-state index contributed by atoms with van der Waals surface area (Å²) in [5.41, 5.74) is 0.594. The zero-order valence-corrected chi connectivity index (χ0v) is 19.3. The molecular formula is C19H19BrN2O6S2. The molecule has 0 radical (unpaired) electrons. The molecular weight excluding hydrogens is 496 g/mol. The largest absolute Gasteiger partial charge is 0.494 e. The fourth-order valence-electron chi connectivity index (χ4n) is 2.98. The number of esters is 1. The van der Waals surface area contributed by atoms with Gasteiger partial charge in [-0.1, -0.05) is 12.1 Å². The summed E-state index contributed by atoms with van der Waals surface area (Å²) < 4.78 is 36.8. The number of halogens is 1. The quantitative estimate of drug-likeness (QED) is 0.549. The smallest absolute Gasteiger partial charge is 0.338 e. The number of urea groups is 1. The van der Waals surface area contributed by atoms with Gasteiger partial charge in [-0.2, -0.15) is 0 Å². The van der Waals surface area contributed by atoms with Crippen molar-refractivity contribution < 1.29 is 27.5 Å². The van der Waals surface area contributed by atoms with Crippen molar-refractivity contribution in [3.05, 3.63) is 57.0 Å². The zero-order valence-electron chi connectivity index (χ0n) is 16.1. The van der Waals surface area contributed by atoms with Gasteiger partial charge in [0, 0.05) is 5.70 Å². The first-order valence-corrected chi connectivity index (χ1v) is 12.1. The number of benzene rings is 1. The predicted octanol–water partition coefficient (Wildman–Crippen LogP) is 3.16.